The van der Waals surface area contributed by atoms with Gasteiger partial charge in [0.15, 0.2) is 0 Å². The summed E-state index contributed by atoms with van der Waals surface area (Å²) in [7, 11) is 0. The fraction of sp³-hybridized carbons (Fsp3) is 0.211. The van der Waals surface area contributed by atoms with Gasteiger partial charge in [-0.1, -0.05) is 34.4 Å². The van der Waals surface area contributed by atoms with E-state index in [9.17, 15) is 0 Å². The lowest BCUT2D eigenvalue weighted by molar-refractivity contribution is 0.557. The van der Waals surface area contributed by atoms with E-state index in [1.54, 1.807) is 12.1 Å². The van der Waals surface area contributed by atoms with Crippen molar-refractivity contribution in [2.24, 2.45) is 0 Å². The molecule has 0 unspecified atom stereocenters. The summed E-state index contributed by atoms with van der Waals surface area (Å²) in [4.78, 5) is 10.0. The van der Waals surface area contributed by atoms with Crippen LogP contribution in [0.4, 0.5) is 6.01 Å². The summed E-state index contributed by atoms with van der Waals surface area (Å²) >= 11 is 12.6. The summed E-state index contributed by atoms with van der Waals surface area (Å²) in [6, 6.07) is 11.7. The van der Waals surface area contributed by atoms with Crippen LogP contribution in [0.5, 0.6) is 0 Å². The lowest BCUT2D eigenvalue weighted by atomic mass is 10.2. The van der Waals surface area contributed by atoms with Gasteiger partial charge in [-0.25, -0.2) is 4.98 Å². The molecule has 1 fully saturated rings. The highest BCUT2D eigenvalue weighted by Gasteiger charge is 2.19. The molecular formula is C19H15Cl2N5O. The van der Waals surface area contributed by atoms with Crippen molar-refractivity contribution in [3.63, 3.8) is 0 Å². The van der Waals surface area contributed by atoms with Crippen LogP contribution < -0.4 is 4.90 Å². The summed E-state index contributed by atoms with van der Waals surface area (Å²) in [6.07, 6.45) is 2.32. The first-order chi connectivity index (χ1) is 13.2. The zero-order chi connectivity index (χ0) is 18.4. The van der Waals surface area contributed by atoms with Crippen LogP contribution in [0.1, 0.15) is 12.8 Å². The first-order valence-corrected chi connectivity index (χ1v) is 9.47. The van der Waals surface area contributed by atoms with Gasteiger partial charge in [-0.2, -0.15) is 0 Å². The Morgan fingerprint density at radius 1 is 1.00 bits per heavy atom. The number of halogens is 2. The maximum Gasteiger partial charge on any atom is 0.318 e. The summed E-state index contributed by atoms with van der Waals surface area (Å²) in [5.74, 6) is 1.12. The molecule has 3 heterocycles. The molecule has 4 aromatic rings. The Bertz CT molecular complexity index is 1110. The van der Waals surface area contributed by atoms with Gasteiger partial charge < -0.3 is 14.3 Å². The first kappa shape index (κ1) is 16.6. The molecule has 0 amide bonds. The van der Waals surface area contributed by atoms with E-state index in [2.05, 4.69) is 25.1 Å². The van der Waals surface area contributed by atoms with Gasteiger partial charge in [-0.05, 0) is 43.2 Å². The van der Waals surface area contributed by atoms with Crippen LogP contribution in [0, 0.1) is 0 Å². The van der Waals surface area contributed by atoms with Crippen LogP contribution in [-0.4, -0.2) is 33.3 Å². The van der Waals surface area contributed by atoms with Crippen molar-refractivity contribution in [1.82, 2.24) is 20.2 Å². The molecule has 8 heteroatoms. The number of nitrogens with one attached hydrogen (secondary N) is 1. The Kier molecular flexibility index (Phi) is 4.02. The average molecular weight is 400 g/mol. The Hall–Kier alpha value is -2.57. The topological polar surface area (TPSA) is 70.8 Å². The number of hydrogen-bond acceptors (Lipinski definition) is 5. The number of imidazole rings is 1. The fourth-order valence-corrected chi connectivity index (χ4v) is 3.93. The molecule has 2 aromatic heterocycles. The number of fused-ring (bicyclic) bond motifs is 1. The largest absolute Gasteiger partial charge is 0.403 e. The Morgan fingerprint density at radius 3 is 2.56 bits per heavy atom. The van der Waals surface area contributed by atoms with E-state index in [-0.39, 0.29) is 0 Å². The predicted octanol–water partition coefficient (Wildman–Crippen LogP) is 5.19. The van der Waals surface area contributed by atoms with Crippen molar-refractivity contribution in [2.75, 3.05) is 18.0 Å². The molecule has 6 nitrogen and oxygen atoms in total. The molecule has 27 heavy (non-hydrogen) atoms. The van der Waals surface area contributed by atoms with E-state index in [1.165, 1.54) is 0 Å². The average Bonchev–Trinajstić information content (AvgIpc) is 3.40. The third kappa shape index (κ3) is 2.95. The summed E-state index contributed by atoms with van der Waals surface area (Å²) in [5.41, 5.74) is 3.18. The minimum atomic E-state index is 0.491. The van der Waals surface area contributed by atoms with Gasteiger partial charge in [0.05, 0.1) is 26.6 Å². The smallest absolute Gasteiger partial charge is 0.318 e. The molecule has 0 aliphatic carbocycles. The van der Waals surface area contributed by atoms with Gasteiger partial charge in [-0.15, -0.1) is 5.10 Å². The lowest BCUT2D eigenvalue weighted by Crippen LogP contribution is -2.17. The Balaban J connectivity index is 1.53. The molecule has 2 aromatic carbocycles. The quantitative estimate of drug-likeness (QED) is 0.513. The van der Waals surface area contributed by atoms with Crippen molar-refractivity contribution in [3.8, 4) is 22.8 Å². The van der Waals surface area contributed by atoms with E-state index in [4.69, 9.17) is 27.6 Å². The molecule has 136 valence electrons. The van der Waals surface area contributed by atoms with Crippen LogP contribution in [0.2, 0.25) is 10.0 Å². The van der Waals surface area contributed by atoms with Gasteiger partial charge in [0.25, 0.3) is 0 Å². The second-order valence-electron chi connectivity index (χ2n) is 6.50. The number of aromatic nitrogens is 4. The molecule has 0 spiro atoms. The van der Waals surface area contributed by atoms with Gasteiger partial charge >= 0.3 is 6.01 Å². The second kappa shape index (κ2) is 6.55. The van der Waals surface area contributed by atoms with Gasteiger partial charge in [0, 0.05) is 18.7 Å². The van der Waals surface area contributed by atoms with Crippen LogP contribution in [-0.2, 0) is 0 Å². The molecule has 1 aliphatic rings. The molecule has 0 saturated carbocycles. The molecular weight excluding hydrogens is 385 g/mol. The third-order valence-corrected chi connectivity index (χ3v) is 5.35. The van der Waals surface area contributed by atoms with Crippen LogP contribution in [0.3, 0.4) is 0 Å². The second-order valence-corrected chi connectivity index (χ2v) is 7.31. The molecule has 0 atom stereocenters. The van der Waals surface area contributed by atoms with E-state index < -0.39 is 0 Å². The Labute approximate surface area is 165 Å². The van der Waals surface area contributed by atoms with Crippen LogP contribution >= 0.6 is 23.2 Å². The number of hydrogen-bond donors (Lipinski definition) is 1. The van der Waals surface area contributed by atoms with Crippen molar-refractivity contribution >= 4 is 40.2 Å². The van der Waals surface area contributed by atoms with Crippen molar-refractivity contribution in [3.05, 3.63) is 46.4 Å². The zero-order valence-corrected chi connectivity index (χ0v) is 15.8. The predicted molar refractivity (Wildman–Crippen MR) is 106 cm³/mol. The van der Waals surface area contributed by atoms with Crippen molar-refractivity contribution in [1.29, 1.82) is 0 Å². The van der Waals surface area contributed by atoms with Gasteiger partial charge in [-0.3, -0.25) is 0 Å². The number of nitrogens with zero attached hydrogens (tertiary/aromatic N) is 4. The third-order valence-electron chi connectivity index (χ3n) is 4.72. The number of anilines is 1. The van der Waals surface area contributed by atoms with E-state index in [0.717, 1.165) is 42.5 Å². The fourth-order valence-electron chi connectivity index (χ4n) is 3.35. The standard InChI is InChI=1S/C19H15Cl2N5O/c20-12-4-3-5-13(21)16(12)17-22-14-7-6-11(10-15(14)23-17)18-24-25-19(27-18)26-8-1-2-9-26/h3-7,10H,1-2,8-9H2,(H,22,23). The Morgan fingerprint density at radius 2 is 1.78 bits per heavy atom. The summed E-state index contributed by atoms with van der Waals surface area (Å²) < 4.78 is 5.86. The molecule has 1 saturated heterocycles. The molecule has 1 aliphatic heterocycles. The van der Waals surface area contributed by atoms with E-state index >= 15 is 0 Å². The minimum absolute atomic E-state index is 0.491. The number of H-pyrrole nitrogens is 1. The number of aromatic amines is 1. The van der Waals surface area contributed by atoms with Gasteiger partial charge in [0.2, 0.25) is 5.89 Å². The number of rotatable bonds is 3. The maximum absolute atomic E-state index is 6.30. The molecule has 1 N–H and O–H groups in total. The summed E-state index contributed by atoms with van der Waals surface area (Å²) in [5, 5.41) is 9.48. The normalized spacial score (nSPS) is 14.4. The van der Waals surface area contributed by atoms with Gasteiger partial charge in [0.1, 0.15) is 5.82 Å². The van der Waals surface area contributed by atoms with Crippen molar-refractivity contribution in [2.45, 2.75) is 12.8 Å². The molecule has 0 bridgehead atoms. The lowest BCUT2D eigenvalue weighted by Gasteiger charge is -2.09. The molecule has 5 rings (SSSR count). The van der Waals surface area contributed by atoms with Crippen LogP contribution in [0.25, 0.3) is 33.9 Å². The van der Waals surface area contributed by atoms with Crippen LogP contribution in [0.15, 0.2) is 40.8 Å². The highest BCUT2D eigenvalue weighted by molar-refractivity contribution is 6.39. The van der Waals surface area contributed by atoms with Crippen molar-refractivity contribution < 1.29 is 4.42 Å². The monoisotopic (exact) mass is 399 g/mol. The number of benzene rings is 2. The maximum atomic E-state index is 6.30. The van der Waals surface area contributed by atoms with E-state index in [0.29, 0.717) is 33.3 Å². The summed E-state index contributed by atoms with van der Waals surface area (Å²) in [6.45, 7) is 1.92. The minimum Gasteiger partial charge on any atom is -0.403 e. The van der Waals surface area contributed by atoms with E-state index in [1.807, 2.05) is 24.3 Å². The highest BCUT2D eigenvalue weighted by atomic mass is 35.5. The molecule has 0 radical (unpaired) electrons. The zero-order valence-electron chi connectivity index (χ0n) is 14.2. The SMILES string of the molecule is Clc1cccc(Cl)c1-c1nc2ccc(-c3nnc(N4CCCC4)o3)cc2[nH]1. The highest BCUT2D eigenvalue weighted by Crippen LogP contribution is 2.34. The first-order valence-electron chi connectivity index (χ1n) is 8.72.